The van der Waals surface area contributed by atoms with Gasteiger partial charge in [0.2, 0.25) is 5.95 Å². The maximum absolute atomic E-state index is 15.8. The molecule has 0 radical (unpaired) electrons. The van der Waals surface area contributed by atoms with Gasteiger partial charge in [-0.1, -0.05) is 92.5 Å². The minimum atomic E-state index is -6.02. The first-order chi connectivity index (χ1) is 35.0. The Morgan fingerprint density at radius 3 is 1.16 bits per heavy atom. The first-order valence-electron chi connectivity index (χ1n) is 21.8. The summed E-state index contributed by atoms with van der Waals surface area (Å²) in [5.74, 6) is -11.7. The Balaban J connectivity index is 0.00000321. The molecule has 6 aromatic heterocycles. The predicted octanol–water partition coefficient (Wildman–Crippen LogP) is 14.6. The largest absolute Gasteiger partial charge is 2.00 e. The van der Waals surface area contributed by atoms with Gasteiger partial charge in [-0.2, -0.15) is 66.8 Å². The second-order valence-corrected chi connectivity index (χ2v) is 16.5. The van der Waals surface area contributed by atoms with E-state index < -0.39 is 57.6 Å². The number of aromatic nitrogens is 7. The molecule has 6 aromatic carbocycles. The molecule has 0 aliphatic rings. The molecule has 12 aromatic rings. The predicted molar refractivity (Wildman–Crippen MR) is 249 cm³/mol. The number of ether oxygens (including phenoxy) is 2. The van der Waals surface area contributed by atoms with Gasteiger partial charge in [0.15, 0.2) is 0 Å². The van der Waals surface area contributed by atoms with Crippen LogP contribution in [0.15, 0.2) is 152 Å². The summed E-state index contributed by atoms with van der Waals surface area (Å²) >= 11 is 0. The van der Waals surface area contributed by atoms with Crippen LogP contribution in [0.4, 0.5) is 43.9 Å². The SMILES string of the molecule is FC(F)(F)C(F)(F)c1cc(Oc2[c-]c3c(cc2)c2ccc(Oc4[c-]c5c(c(C(F)(F)C(F)(F)F)c4)c4ccccc4n5-c4ccccn4)[c-]c2n3-c2ncccn2)[c-]c2c1c1ccccc1n2-c1ccccn1.[Pt+2].[Pt+2]. The van der Waals surface area contributed by atoms with E-state index in [1.54, 1.807) is 72.8 Å². The van der Waals surface area contributed by atoms with Gasteiger partial charge in [0.05, 0.1) is 0 Å². The Kier molecular flexibility index (Phi) is 12.6. The molecular formula is C54H25F10N7O2Pt2. The summed E-state index contributed by atoms with van der Waals surface area (Å²) in [7, 11) is 0. The molecular weight excluding hydrogens is 1360 g/mol. The van der Waals surface area contributed by atoms with Crippen molar-refractivity contribution in [3.8, 4) is 40.6 Å². The van der Waals surface area contributed by atoms with Crippen LogP contribution in [-0.4, -0.2) is 46.0 Å². The van der Waals surface area contributed by atoms with Gasteiger partial charge in [0.25, 0.3) is 0 Å². The van der Waals surface area contributed by atoms with Gasteiger partial charge in [-0.3, -0.25) is 0 Å². The maximum atomic E-state index is 15.8. The van der Waals surface area contributed by atoms with Crippen LogP contribution in [0.2, 0.25) is 0 Å². The molecule has 0 saturated carbocycles. The summed E-state index contributed by atoms with van der Waals surface area (Å²) in [6.45, 7) is 0. The van der Waals surface area contributed by atoms with E-state index in [2.05, 4.69) is 44.2 Å². The molecule has 75 heavy (non-hydrogen) atoms. The Morgan fingerprint density at radius 2 is 0.760 bits per heavy atom. The number of rotatable bonds is 9. The summed E-state index contributed by atoms with van der Waals surface area (Å²) < 4.78 is 165. The molecule has 0 bridgehead atoms. The van der Waals surface area contributed by atoms with Crippen molar-refractivity contribution < 1.29 is 95.5 Å². The molecule has 0 saturated heterocycles. The maximum Gasteiger partial charge on any atom is 2.00 e. The van der Waals surface area contributed by atoms with Crippen molar-refractivity contribution in [1.82, 2.24) is 33.6 Å². The molecule has 0 fully saturated rings. The van der Waals surface area contributed by atoms with Crippen molar-refractivity contribution >= 4 is 65.4 Å². The quantitative estimate of drug-likeness (QED) is 0.106. The van der Waals surface area contributed by atoms with Crippen LogP contribution >= 0.6 is 0 Å². The average Bonchev–Trinajstić information content (AvgIpc) is 4.02. The molecule has 0 atom stereocenters. The van der Waals surface area contributed by atoms with E-state index in [0.717, 1.165) is 0 Å². The standard InChI is InChI=1S/C54H25F10N7O2.2Pt/c55-51(56,53(59,60)61)38-24-32(28-44-48(38)36-10-1-3-12-40(36)69(44)46-14-5-7-20-65-46)72-30-16-18-34-35-19-17-31(27-43(35)71(42(34)26-30)50-67-22-9-23-68-50)73-33-25-39(52(57,58)54(62,63)64)49-37-11-2-4-13-41(37)70(45(49)29-33)47-15-6-8-21-66-47;;/h1-25H;;/q-4;2*+2. The van der Waals surface area contributed by atoms with Gasteiger partial charge in [0.1, 0.15) is 11.6 Å². The van der Waals surface area contributed by atoms with Gasteiger partial charge in [-0.05, 0) is 53.2 Å². The van der Waals surface area contributed by atoms with E-state index in [0.29, 0.717) is 22.9 Å². The molecule has 0 unspecified atom stereocenters. The van der Waals surface area contributed by atoms with Crippen molar-refractivity contribution in [2.45, 2.75) is 24.2 Å². The minimum Gasteiger partial charge on any atom is -0.509 e. The third-order valence-electron chi connectivity index (χ3n) is 12.2. The fourth-order valence-electron chi connectivity index (χ4n) is 9.12. The molecule has 0 N–H and O–H groups in total. The summed E-state index contributed by atoms with van der Waals surface area (Å²) in [5, 5.41) is 0.187. The van der Waals surface area contributed by atoms with Crippen LogP contribution in [0.5, 0.6) is 23.0 Å². The van der Waals surface area contributed by atoms with E-state index in [9.17, 15) is 26.3 Å². The molecule has 0 spiro atoms. The zero-order chi connectivity index (χ0) is 50.6. The molecule has 6 heterocycles. The van der Waals surface area contributed by atoms with Gasteiger partial charge in [0, 0.05) is 58.8 Å². The molecule has 0 aliphatic carbocycles. The third kappa shape index (κ3) is 8.27. The third-order valence-corrected chi connectivity index (χ3v) is 12.2. The number of nitrogens with zero attached hydrogens (tertiary/aromatic N) is 7. The Morgan fingerprint density at radius 1 is 0.373 bits per heavy atom. The summed E-state index contributed by atoms with van der Waals surface area (Å²) in [6, 6.07) is 42.2. The normalized spacial score (nSPS) is 12.5. The van der Waals surface area contributed by atoms with Crippen molar-refractivity contribution in [2.24, 2.45) is 0 Å². The fourth-order valence-corrected chi connectivity index (χ4v) is 9.12. The zero-order valence-corrected chi connectivity index (χ0v) is 41.8. The van der Waals surface area contributed by atoms with Crippen molar-refractivity contribution in [2.75, 3.05) is 0 Å². The number of fused-ring (bicyclic) bond motifs is 9. The molecule has 0 amide bonds. The Hall–Kier alpha value is -7.62. The second kappa shape index (κ2) is 18.6. The molecule has 21 heteroatoms. The van der Waals surface area contributed by atoms with E-state index in [-0.39, 0.29) is 115 Å². The summed E-state index contributed by atoms with van der Waals surface area (Å²) in [4.78, 5) is 17.4. The molecule has 12 rings (SSSR count). The van der Waals surface area contributed by atoms with E-state index in [1.807, 2.05) is 0 Å². The van der Waals surface area contributed by atoms with E-state index in [4.69, 9.17) is 9.47 Å². The number of alkyl halides is 10. The number of para-hydroxylation sites is 2. The Bertz CT molecular complexity index is 3900. The number of pyridine rings is 2. The van der Waals surface area contributed by atoms with Gasteiger partial charge >= 0.3 is 66.3 Å². The van der Waals surface area contributed by atoms with Gasteiger partial charge < -0.3 is 23.2 Å². The zero-order valence-electron chi connectivity index (χ0n) is 37.3. The number of hydrogen-bond donors (Lipinski definition) is 0. The topological polar surface area (TPSA) is 84.8 Å². The molecule has 9 nitrogen and oxygen atoms in total. The van der Waals surface area contributed by atoms with Gasteiger partial charge in [-0.25, -0.2) is 19.9 Å². The van der Waals surface area contributed by atoms with Crippen LogP contribution < -0.4 is 9.47 Å². The monoisotopic (exact) mass is 1380 g/mol. The van der Waals surface area contributed by atoms with E-state index in [1.165, 1.54) is 81.0 Å². The first kappa shape index (κ1) is 50.9. The smallest absolute Gasteiger partial charge is 0.509 e. The van der Waals surface area contributed by atoms with Crippen molar-refractivity contribution in [3.05, 3.63) is 188 Å². The van der Waals surface area contributed by atoms with Crippen LogP contribution in [-0.2, 0) is 54.0 Å². The van der Waals surface area contributed by atoms with Gasteiger partial charge in [-0.15, -0.1) is 48.5 Å². The Labute approximate surface area is 444 Å². The van der Waals surface area contributed by atoms with Crippen molar-refractivity contribution in [1.29, 1.82) is 0 Å². The average molecular weight is 1380 g/mol. The van der Waals surface area contributed by atoms with Crippen LogP contribution in [0.25, 0.3) is 83.0 Å². The summed E-state index contributed by atoms with van der Waals surface area (Å²) in [5.41, 5.74) is -2.26. The van der Waals surface area contributed by atoms with Crippen LogP contribution in [0.1, 0.15) is 11.1 Å². The minimum absolute atomic E-state index is 0. The summed E-state index contributed by atoms with van der Waals surface area (Å²) in [6.07, 6.45) is -6.33. The second-order valence-electron chi connectivity index (χ2n) is 16.5. The van der Waals surface area contributed by atoms with Crippen molar-refractivity contribution in [3.63, 3.8) is 0 Å². The van der Waals surface area contributed by atoms with Crippen LogP contribution in [0.3, 0.4) is 0 Å². The fraction of sp³-hybridized carbons (Fsp3) is 0.0741. The first-order valence-corrected chi connectivity index (χ1v) is 21.8. The molecule has 378 valence electrons. The molecule has 0 aliphatic heterocycles. The number of halogens is 10. The van der Waals surface area contributed by atoms with E-state index >= 15 is 17.6 Å². The number of benzene rings is 6. The van der Waals surface area contributed by atoms with Crippen LogP contribution in [0, 0.1) is 24.3 Å². The number of hydrogen-bond acceptors (Lipinski definition) is 6.